The first kappa shape index (κ1) is 21.0. The minimum Gasteiger partial charge on any atom is -0.388 e. The topological polar surface area (TPSA) is 56.7 Å². The first-order valence-corrected chi connectivity index (χ1v) is 8.22. The maximum absolute atomic E-state index is 10.4. The van der Waals surface area contributed by atoms with Crippen LogP contribution in [0.5, 0.6) is 0 Å². The average Bonchev–Trinajstić information content (AvgIpc) is 2.81. The zero-order valence-electron chi connectivity index (χ0n) is 14.1. The van der Waals surface area contributed by atoms with Gasteiger partial charge >= 0.3 is 0 Å². The highest BCUT2D eigenvalue weighted by atomic mass is 127. The Morgan fingerprint density at radius 1 is 1.19 bits per heavy atom. The number of aliphatic imine (C=N–C) groups is 1. The summed E-state index contributed by atoms with van der Waals surface area (Å²) in [5.41, 5.74) is -0.566. The van der Waals surface area contributed by atoms with Crippen LogP contribution in [0.3, 0.4) is 0 Å². The number of nitrogens with zero attached hydrogens (tertiary/aromatic N) is 1. The minimum absolute atomic E-state index is 0. The lowest BCUT2D eigenvalue weighted by Crippen LogP contribution is -2.43. The van der Waals surface area contributed by atoms with Crippen LogP contribution in [0.4, 0.5) is 0 Å². The van der Waals surface area contributed by atoms with Crippen molar-refractivity contribution in [2.75, 3.05) is 13.1 Å². The monoisotopic (exact) mass is 411 g/mol. The molecule has 0 aromatic carbocycles. The molecule has 0 spiro atoms. The van der Waals surface area contributed by atoms with Gasteiger partial charge in [0.1, 0.15) is 0 Å². The normalized spacial score (nSPS) is 19.2. The van der Waals surface area contributed by atoms with Crippen LogP contribution in [0, 0.1) is 5.92 Å². The molecule has 0 heterocycles. The SMILES string of the molecule is CCNC(=NCC1(O)CCCC1)NC(C)CCC(C)C.I. The number of guanidine groups is 1. The van der Waals surface area contributed by atoms with E-state index >= 15 is 0 Å². The van der Waals surface area contributed by atoms with Crippen LogP contribution in [-0.2, 0) is 0 Å². The number of halogens is 1. The quantitative estimate of drug-likeness (QED) is 0.342. The summed E-state index contributed by atoms with van der Waals surface area (Å²) in [4.78, 5) is 4.58. The average molecular weight is 411 g/mol. The second kappa shape index (κ2) is 10.6. The van der Waals surface area contributed by atoms with Crippen molar-refractivity contribution < 1.29 is 5.11 Å². The predicted molar refractivity (Wildman–Crippen MR) is 101 cm³/mol. The number of rotatable bonds is 7. The molecule has 1 unspecified atom stereocenters. The Hall–Kier alpha value is -0.0400. The predicted octanol–water partition coefficient (Wildman–Crippen LogP) is 3.29. The van der Waals surface area contributed by atoms with Gasteiger partial charge in [-0.1, -0.05) is 26.7 Å². The van der Waals surface area contributed by atoms with Gasteiger partial charge in [0.05, 0.1) is 12.1 Å². The Bertz CT molecular complexity index is 302. The van der Waals surface area contributed by atoms with Crippen molar-refractivity contribution in [3.8, 4) is 0 Å². The lowest BCUT2D eigenvalue weighted by atomic mass is 10.0. The highest BCUT2D eigenvalue weighted by molar-refractivity contribution is 14.0. The molecule has 1 rings (SSSR count). The lowest BCUT2D eigenvalue weighted by Gasteiger charge is -2.22. The fraction of sp³-hybridized carbons (Fsp3) is 0.938. The third-order valence-electron chi connectivity index (χ3n) is 3.97. The smallest absolute Gasteiger partial charge is 0.191 e. The summed E-state index contributed by atoms with van der Waals surface area (Å²) in [6.07, 6.45) is 6.39. The van der Waals surface area contributed by atoms with Gasteiger partial charge in [0, 0.05) is 12.6 Å². The lowest BCUT2D eigenvalue weighted by molar-refractivity contribution is 0.0574. The molecule has 1 atom stereocenters. The van der Waals surface area contributed by atoms with Crippen molar-refractivity contribution in [1.29, 1.82) is 0 Å². The molecule has 0 aromatic rings. The fourth-order valence-electron chi connectivity index (χ4n) is 2.63. The standard InChI is InChI=1S/C16H33N3O.HI/c1-5-17-15(19-14(4)9-8-13(2)3)18-12-16(20)10-6-7-11-16;/h13-14,20H,5-12H2,1-4H3,(H2,17,18,19);1H. The van der Waals surface area contributed by atoms with Crippen LogP contribution in [0.1, 0.15) is 66.2 Å². The van der Waals surface area contributed by atoms with Crippen LogP contribution in [-0.4, -0.2) is 35.8 Å². The van der Waals surface area contributed by atoms with Gasteiger partial charge in [-0.2, -0.15) is 0 Å². The van der Waals surface area contributed by atoms with E-state index < -0.39 is 5.60 Å². The van der Waals surface area contributed by atoms with E-state index in [9.17, 15) is 5.11 Å². The Kier molecular flexibility index (Phi) is 10.6. The zero-order chi connectivity index (χ0) is 15.0. The highest BCUT2D eigenvalue weighted by Gasteiger charge is 2.30. The molecule has 0 radical (unpaired) electrons. The summed E-state index contributed by atoms with van der Waals surface area (Å²) in [7, 11) is 0. The summed E-state index contributed by atoms with van der Waals surface area (Å²) in [6, 6.07) is 0.411. The van der Waals surface area contributed by atoms with E-state index in [0.717, 1.165) is 50.5 Å². The molecule has 0 aliphatic heterocycles. The number of nitrogens with one attached hydrogen (secondary N) is 2. The molecule has 126 valence electrons. The van der Waals surface area contributed by atoms with Gasteiger partial charge in [-0.3, -0.25) is 4.99 Å². The third kappa shape index (κ3) is 8.86. The summed E-state index contributed by atoms with van der Waals surface area (Å²) < 4.78 is 0. The molecule has 5 heteroatoms. The number of aliphatic hydroxyl groups is 1. The molecule has 0 bridgehead atoms. The van der Waals surface area contributed by atoms with Crippen LogP contribution in [0.2, 0.25) is 0 Å². The van der Waals surface area contributed by atoms with E-state index in [2.05, 4.69) is 43.3 Å². The third-order valence-corrected chi connectivity index (χ3v) is 3.97. The molecule has 1 fully saturated rings. The maximum atomic E-state index is 10.4. The summed E-state index contributed by atoms with van der Waals surface area (Å²) >= 11 is 0. The zero-order valence-corrected chi connectivity index (χ0v) is 16.4. The molecular formula is C16H34IN3O. The molecule has 3 N–H and O–H groups in total. The van der Waals surface area contributed by atoms with Gasteiger partial charge in [0.2, 0.25) is 0 Å². The van der Waals surface area contributed by atoms with Gasteiger partial charge < -0.3 is 15.7 Å². The Morgan fingerprint density at radius 3 is 2.33 bits per heavy atom. The molecule has 1 saturated carbocycles. The van der Waals surface area contributed by atoms with E-state index in [1.54, 1.807) is 0 Å². The second-order valence-electron chi connectivity index (χ2n) is 6.64. The van der Waals surface area contributed by atoms with Crippen LogP contribution in [0.15, 0.2) is 4.99 Å². The Morgan fingerprint density at radius 2 is 1.81 bits per heavy atom. The second-order valence-corrected chi connectivity index (χ2v) is 6.64. The van der Waals surface area contributed by atoms with Crippen molar-refractivity contribution in [3.63, 3.8) is 0 Å². The van der Waals surface area contributed by atoms with Crippen LogP contribution < -0.4 is 10.6 Å². The van der Waals surface area contributed by atoms with Crippen molar-refractivity contribution in [2.24, 2.45) is 10.9 Å². The van der Waals surface area contributed by atoms with E-state index in [1.165, 1.54) is 6.42 Å². The highest BCUT2D eigenvalue weighted by Crippen LogP contribution is 2.29. The van der Waals surface area contributed by atoms with Gasteiger partial charge in [-0.05, 0) is 45.4 Å². The van der Waals surface area contributed by atoms with Crippen LogP contribution >= 0.6 is 24.0 Å². The van der Waals surface area contributed by atoms with E-state index in [4.69, 9.17) is 0 Å². The van der Waals surface area contributed by atoms with Crippen LogP contribution in [0.25, 0.3) is 0 Å². The minimum atomic E-state index is -0.566. The molecule has 4 nitrogen and oxygen atoms in total. The molecule has 0 aromatic heterocycles. The first-order valence-electron chi connectivity index (χ1n) is 8.22. The summed E-state index contributed by atoms with van der Waals surface area (Å²) in [5.74, 6) is 1.57. The van der Waals surface area contributed by atoms with Gasteiger partial charge in [-0.25, -0.2) is 0 Å². The van der Waals surface area contributed by atoms with Crippen molar-refractivity contribution in [1.82, 2.24) is 10.6 Å². The molecule has 1 aliphatic rings. The molecule has 0 amide bonds. The van der Waals surface area contributed by atoms with Crippen molar-refractivity contribution in [2.45, 2.75) is 77.9 Å². The first-order chi connectivity index (χ1) is 9.45. The van der Waals surface area contributed by atoms with Gasteiger partial charge in [-0.15, -0.1) is 24.0 Å². The van der Waals surface area contributed by atoms with E-state index in [-0.39, 0.29) is 24.0 Å². The molecule has 0 saturated heterocycles. The Labute approximate surface area is 147 Å². The largest absolute Gasteiger partial charge is 0.388 e. The van der Waals surface area contributed by atoms with E-state index in [1.807, 2.05) is 0 Å². The fourth-order valence-corrected chi connectivity index (χ4v) is 2.63. The molecule has 21 heavy (non-hydrogen) atoms. The summed E-state index contributed by atoms with van der Waals surface area (Å²) in [6.45, 7) is 10.1. The Balaban J connectivity index is 0.00000400. The number of hydrogen-bond donors (Lipinski definition) is 3. The van der Waals surface area contributed by atoms with Gasteiger partial charge in [0.25, 0.3) is 0 Å². The molecule has 1 aliphatic carbocycles. The van der Waals surface area contributed by atoms with Gasteiger partial charge in [0.15, 0.2) is 5.96 Å². The maximum Gasteiger partial charge on any atom is 0.191 e. The van der Waals surface area contributed by atoms with E-state index in [0.29, 0.717) is 12.6 Å². The molecular weight excluding hydrogens is 377 g/mol. The summed E-state index contributed by atoms with van der Waals surface area (Å²) in [5, 5.41) is 17.1. The number of hydrogen-bond acceptors (Lipinski definition) is 2. The van der Waals surface area contributed by atoms with Crippen molar-refractivity contribution in [3.05, 3.63) is 0 Å². The van der Waals surface area contributed by atoms with Crippen molar-refractivity contribution >= 4 is 29.9 Å².